The van der Waals surface area contributed by atoms with Gasteiger partial charge in [0.1, 0.15) is 5.75 Å². The minimum atomic E-state index is -0.948. The molecule has 2 aromatic rings. The third-order valence-electron chi connectivity index (χ3n) is 4.68. The molecule has 5 heteroatoms. The summed E-state index contributed by atoms with van der Waals surface area (Å²) in [4.78, 5) is 13.2. The Kier molecular flexibility index (Phi) is 9.52. The number of rotatable bonds is 13. The predicted molar refractivity (Wildman–Crippen MR) is 111 cm³/mol. The molecule has 152 valence electrons. The minimum Gasteiger partial charge on any atom is -0.493 e. The molecule has 0 bridgehead atoms. The van der Waals surface area contributed by atoms with E-state index < -0.39 is 12.2 Å². The minimum absolute atomic E-state index is 0.347. The van der Waals surface area contributed by atoms with Crippen LogP contribution in [0, 0.1) is 0 Å². The molecule has 0 aromatic heterocycles. The number of carbonyl (C=O) groups is 1. The van der Waals surface area contributed by atoms with E-state index in [9.17, 15) is 9.90 Å². The maximum atomic E-state index is 11.4. The Morgan fingerprint density at radius 1 is 0.964 bits per heavy atom. The first-order valence-electron chi connectivity index (χ1n) is 9.98. The smallest absolute Gasteiger partial charge is 0.348 e. The first-order chi connectivity index (χ1) is 13.7. The van der Waals surface area contributed by atoms with Crippen molar-refractivity contribution in [3.63, 3.8) is 0 Å². The zero-order valence-electron chi connectivity index (χ0n) is 16.8. The average molecular weight is 386 g/mol. The van der Waals surface area contributed by atoms with Gasteiger partial charge in [-0.25, -0.2) is 4.79 Å². The first-order valence-corrected chi connectivity index (χ1v) is 9.98. The van der Waals surface area contributed by atoms with E-state index in [1.807, 2.05) is 38.1 Å². The lowest BCUT2D eigenvalue weighted by Gasteiger charge is -2.26. The molecule has 1 unspecified atom stereocenters. The highest BCUT2D eigenvalue weighted by molar-refractivity contribution is 5.71. The lowest BCUT2D eigenvalue weighted by molar-refractivity contribution is -0.164. The van der Waals surface area contributed by atoms with Gasteiger partial charge in [-0.2, -0.15) is 0 Å². The first kappa shape index (κ1) is 21.9. The molecule has 0 radical (unpaired) electrons. The van der Waals surface area contributed by atoms with Gasteiger partial charge in [-0.1, -0.05) is 62.4 Å². The van der Waals surface area contributed by atoms with E-state index in [0.29, 0.717) is 32.7 Å². The monoisotopic (exact) mass is 385 g/mol. The van der Waals surface area contributed by atoms with Gasteiger partial charge in [0.25, 0.3) is 0 Å². The van der Waals surface area contributed by atoms with Crippen LogP contribution in [0.1, 0.15) is 31.4 Å². The molecular weight excluding hydrogens is 354 g/mol. The van der Waals surface area contributed by atoms with Gasteiger partial charge in [-0.05, 0) is 43.1 Å². The number of benzene rings is 2. The Bertz CT molecular complexity index is 701. The maximum absolute atomic E-state index is 11.4. The van der Waals surface area contributed by atoms with Gasteiger partial charge in [0, 0.05) is 6.42 Å². The Hall–Kier alpha value is -2.37. The van der Waals surface area contributed by atoms with Gasteiger partial charge in [0.15, 0.2) is 0 Å². The van der Waals surface area contributed by atoms with Gasteiger partial charge >= 0.3 is 5.97 Å². The van der Waals surface area contributed by atoms with Crippen molar-refractivity contribution in [2.24, 2.45) is 0 Å². The van der Waals surface area contributed by atoms with Crippen LogP contribution in [-0.4, -0.2) is 48.5 Å². The second kappa shape index (κ2) is 12.2. The third kappa shape index (κ3) is 6.98. The summed E-state index contributed by atoms with van der Waals surface area (Å²) < 4.78 is 11.5. The molecule has 0 spiro atoms. The molecule has 1 atom stereocenters. The molecule has 5 nitrogen and oxygen atoms in total. The van der Waals surface area contributed by atoms with Crippen LogP contribution in [0.5, 0.6) is 5.75 Å². The molecule has 28 heavy (non-hydrogen) atoms. The zero-order valence-corrected chi connectivity index (χ0v) is 16.8. The standard InChI is InChI=1S/C23H31NO4/c1-3-24(4-2)22(23(25)26)28-18-10-17-27-21-14-9-8-13-20(21)16-15-19-11-6-5-7-12-19/h5-9,11-14,22H,3-4,10,15-18H2,1-2H3,(H,25,26). The summed E-state index contributed by atoms with van der Waals surface area (Å²) in [6.45, 7) is 5.97. The molecule has 2 aromatic carbocycles. The number of hydrogen-bond acceptors (Lipinski definition) is 4. The van der Waals surface area contributed by atoms with Crippen molar-refractivity contribution in [1.29, 1.82) is 0 Å². The van der Waals surface area contributed by atoms with Gasteiger partial charge in [0.2, 0.25) is 6.23 Å². The number of ether oxygens (including phenoxy) is 2. The summed E-state index contributed by atoms with van der Waals surface area (Å²) in [6, 6.07) is 18.5. The topological polar surface area (TPSA) is 59.0 Å². The normalized spacial score (nSPS) is 12.1. The molecule has 1 N–H and O–H groups in total. The molecule has 0 aliphatic heterocycles. The van der Waals surface area contributed by atoms with Gasteiger partial charge < -0.3 is 14.6 Å². The number of hydrogen-bond donors (Lipinski definition) is 1. The van der Waals surface area contributed by atoms with Crippen molar-refractivity contribution in [3.8, 4) is 5.75 Å². The number of nitrogens with zero attached hydrogens (tertiary/aromatic N) is 1. The summed E-state index contributed by atoms with van der Waals surface area (Å²) in [5, 5.41) is 9.33. The van der Waals surface area contributed by atoms with Gasteiger partial charge in [0.05, 0.1) is 13.2 Å². The summed E-state index contributed by atoms with van der Waals surface area (Å²) in [5.74, 6) is -0.0622. The SMILES string of the molecule is CCN(CC)C(OCCCOc1ccccc1CCc1ccccc1)C(=O)O. The summed E-state index contributed by atoms with van der Waals surface area (Å²) in [5.41, 5.74) is 2.49. The Labute approximate surface area is 167 Å². The lowest BCUT2D eigenvalue weighted by Crippen LogP contribution is -2.43. The summed E-state index contributed by atoms with van der Waals surface area (Å²) in [7, 11) is 0. The Morgan fingerprint density at radius 3 is 2.32 bits per heavy atom. The van der Waals surface area contributed by atoms with Crippen LogP contribution >= 0.6 is 0 Å². The fourth-order valence-corrected chi connectivity index (χ4v) is 3.10. The number of likely N-dealkylation sites (N-methyl/N-ethyl adjacent to an activating group) is 1. The quantitative estimate of drug-likeness (QED) is 0.417. The van der Waals surface area contributed by atoms with Crippen molar-refractivity contribution >= 4 is 5.97 Å². The van der Waals surface area contributed by atoms with E-state index >= 15 is 0 Å². The van der Waals surface area contributed by atoms with Crippen molar-refractivity contribution in [2.45, 2.75) is 39.3 Å². The summed E-state index contributed by atoms with van der Waals surface area (Å²) >= 11 is 0. The van der Waals surface area contributed by atoms with Crippen LogP contribution in [0.15, 0.2) is 54.6 Å². The fraction of sp³-hybridized carbons (Fsp3) is 0.435. The third-order valence-corrected chi connectivity index (χ3v) is 4.68. The molecule has 0 saturated heterocycles. The molecule has 0 fully saturated rings. The highest BCUT2D eigenvalue weighted by atomic mass is 16.5. The number of carboxylic acid groups (broad SMARTS) is 1. The van der Waals surface area contributed by atoms with Crippen LogP contribution < -0.4 is 4.74 Å². The average Bonchev–Trinajstić information content (AvgIpc) is 2.72. The van der Waals surface area contributed by atoms with Crippen LogP contribution in [0.2, 0.25) is 0 Å². The van der Waals surface area contributed by atoms with Crippen molar-refractivity contribution in [2.75, 3.05) is 26.3 Å². The van der Waals surface area contributed by atoms with E-state index in [1.165, 1.54) is 11.1 Å². The van der Waals surface area contributed by atoms with E-state index in [-0.39, 0.29) is 0 Å². The van der Waals surface area contributed by atoms with Gasteiger partial charge in [-0.15, -0.1) is 0 Å². The Balaban J connectivity index is 1.79. The molecule has 0 amide bonds. The maximum Gasteiger partial charge on any atom is 0.348 e. The zero-order chi connectivity index (χ0) is 20.2. The molecular formula is C23H31NO4. The second-order valence-corrected chi connectivity index (χ2v) is 6.58. The van der Waals surface area contributed by atoms with Crippen LogP contribution in [0.4, 0.5) is 0 Å². The molecule has 0 aliphatic carbocycles. The summed E-state index contributed by atoms with van der Waals surface area (Å²) in [6.07, 6.45) is 1.62. The van der Waals surface area contributed by atoms with E-state index in [4.69, 9.17) is 9.47 Å². The van der Waals surface area contributed by atoms with Crippen LogP contribution in [-0.2, 0) is 22.4 Å². The van der Waals surface area contributed by atoms with Gasteiger partial charge in [-0.3, -0.25) is 4.90 Å². The number of carboxylic acids is 1. The molecule has 0 saturated carbocycles. The molecule has 2 rings (SSSR count). The van der Waals surface area contributed by atoms with E-state index in [2.05, 4.69) is 30.3 Å². The van der Waals surface area contributed by atoms with Crippen molar-refractivity contribution in [3.05, 3.63) is 65.7 Å². The number of aryl methyl sites for hydroxylation is 2. The highest BCUT2D eigenvalue weighted by Crippen LogP contribution is 2.20. The van der Waals surface area contributed by atoms with Crippen molar-refractivity contribution < 1.29 is 19.4 Å². The predicted octanol–water partition coefficient (Wildman–Crippen LogP) is 4.01. The Morgan fingerprint density at radius 2 is 1.64 bits per heavy atom. The van der Waals surface area contributed by atoms with Crippen LogP contribution in [0.25, 0.3) is 0 Å². The molecule has 0 aliphatic rings. The van der Waals surface area contributed by atoms with Crippen molar-refractivity contribution in [1.82, 2.24) is 4.90 Å². The highest BCUT2D eigenvalue weighted by Gasteiger charge is 2.23. The lowest BCUT2D eigenvalue weighted by atomic mass is 10.0. The second-order valence-electron chi connectivity index (χ2n) is 6.58. The number of aliphatic carboxylic acids is 1. The number of para-hydroxylation sites is 1. The van der Waals surface area contributed by atoms with Crippen LogP contribution in [0.3, 0.4) is 0 Å². The molecule has 0 heterocycles. The van der Waals surface area contributed by atoms with E-state index in [0.717, 1.165) is 18.6 Å². The fourth-order valence-electron chi connectivity index (χ4n) is 3.10. The largest absolute Gasteiger partial charge is 0.493 e. The van der Waals surface area contributed by atoms with E-state index in [1.54, 1.807) is 4.90 Å².